The van der Waals surface area contributed by atoms with Gasteiger partial charge in [0.15, 0.2) is 0 Å². The van der Waals surface area contributed by atoms with Crippen molar-refractivity contribution in [3.05, 3.63) is 79.3 Å². The molecule has 0 aliphatic heterocycles. The highest BCUT2D eigenvalue weighted by Crippen LogP contribution is 2.44. The van der Waals surface area contributed by atoms with Crippen molar-refractivity contribution in [2.24, 2.45) is 0 Å². The molecule has 5 heterocycles. The van der Waals surface area contributed by atoms with Crippen molar-refractivity contribution in [1.82, 2.24) is 14.4 Å². The van der Waals surface area contributed by atoms with Crippen LogP contribution < -0.4 is 0 Å². The average molecular weight is 375 g/mol. The number of benzene rings is 2. The molecule has 0 spiro atoms. The van der Waals surface area contributed by atoms with Gasteiger partial charge in [0.05, 0.1) is 21.6 Å². The molecule has 7 rings (SSSR count). The van der Waals surface area contributed by atoms with Gasteiger partial charge in [-0.05, 0) is 24.3 Å². The number of thiophene rings is 1. The molecule has 0 radical (unpaired) electrons. The van der Waals surface area contributed by atoms with Gasteiger partial charge in [-0.2, -0.15) is 0 Å². The summed E-state index contributed by atoms with van der Waals surface area (Å²) in [5.74, 6) is 0. The fraction of sp³-hybridized carbons (Fsp3) is 0. The molecule has 28 heavy (non-hydrogen) atoms. The van der Waals surface area contributed by atoms with Gasteiger partial charge in [0.2, 0.25) is 0 Å². The SMILES string of the molecule is c1ccc2c(c1)c1cccc3c4cc(-c5nccc6cnccc56)sc4n2c13. The Morgan fingerprint density at radius 3 is 2.57 bits per heavy atom. The summed E-state index contributed by atoms with van der Waals surface area (Å²) in [5.41, 5.74) is 3.63. The van der Waals surface area contributed by atoms with Gasteiger partial charge in [0.25, 0.3) is 0 Å². The van der Waals surface area contributed by atoms with Gasteiger partial charge in [-0.3, -0.25) is 14.4 Å². The monoisotopic (exact) mass is 375 g/mol. The van der Waals surface area contributed by atoms with Crippen LogP contribution in [0.25, 0.3) is 58.8 Å². The van der Waals surface area contributed by atoms with Gasteiger partial charge in [0, 0.05) is 50.9 Å². The van der Waals surface area contributed by atoms with Crippen LogP contribution in [0.15, 0.2) is 79.3 Å². The molecule has 0 aliphatic rings. The summed E-state index contributed by atoms with van der Waals surface area (Å²) in [5, 5.41) is 7.53. The molecule has 0 aliphatic carbocycles. The van der Waals surface area contributed by atoms with Crippen molar-refractivity contribution >= 4 is 59.5 Å². The van der Waals surface area contributed by atoms with Crippen LogP contribution in [0.5, 0.6) is 0 Å². The molecule has 130 valence electrons. The first-order chi connectivity index (χ1) is 13.9. The molecule has 0 saturated heterocycles. The van der Waals surface area contributed by atoms with Gasteiger partial charge in [-0.1, -0.05) is 36.4 Å². The van der Waals surface area contributed by atoms with Crippen molar-refractivity contribution in [3.8, 4) is 10.6 Å². The van der Waals surface area contributed by atoms with Gasteiger partial charge >= 0.3 is 0 Å². The summed E-state index contributed by atoms with van der Waals surface area (Å²) < 4.78 is 2.43. The molecule has 7 aromatic rings. The molecule has 0 fully saturated rings. The number of fused-ring (bicyclic) bond motifs is 7. The summed E-state index contributed by atoms with van der Waals surface area (Å²) in [6, 6.07) is 21.7. The Morgan fingerprint density at radius 2 is 1.61 bits per heavy atom. The summed E-state index contributed by atoms with van der Waals surface area (Å²) in [7, 11) is 0. The summed E-state index contributed by atoms with van der Waals surface area (Å²) >= 11 is 1.82. The van der Waals surface area contributed by atoms with Crippen molar-refractivity contribution in [2.45, 2.75) is 0 Å². The number of hydrogen-bond donors (Lipinski definition) is 0. The van der Waals surface area contributed by atoms with E-state index in [1.807, 2.05) is 36.0 Å². The fourth-order valence-corrected chi connectivity index (χ4v) is 5.72. The highest BCUT2D eigenvalue weighted by atomic mass is 32.1. The second-order valence-electron chi connectivity index (χ2n) is 7.14. The molecule has 3 nitrogen and oxygen atoms in total. The molecule has 5 aromatic heterocycles. The van der Waals surface area contributed by atoms with Crippen LogP contribution in [0, 0.1) is 0 Å². The highest BCUT2D eigenvalue weighted by molar-refractivity contribution is 7.22. The van der Waals surface area contributed by atoms with Crippen LogP contribution in [0.3, 0.4) is 0 Å². The minimum absolute atomic E-state index is 1.03. The maximum absolute atomic E-state index is 4.72. The Bertz CT molecular complexity index is 1670. The Kier molecular flexibility index (Phi) is 2.63. The Hall–Kier alpha value is -3.50. The molecule has 2 aromatic carbocycles. The first-order valence-corrected chi connectivity index (χ1v) is 10.1. The smallest absolute Gasteiger partial charge is 0.109 e. The van der Waals surface area contributed by atoms with Crippen LogP contribution in [0.4, 0.5) is 0 Å². The van der Waals surface area contributed by atoms with Gasteiger partial charge in [-0.15, -0.1) is 11.3 Å². The van der Waals surface area contributed by atoms with Crippen LogP contribution in [0.2, 0.25) is 0 Å². The van der Waals surface area contributed by atoms with Crippen LogP contribution in [-0.2, 0) is 0 Å². The van der Waals surface area contributed by atoms with E-state index in [4.69, 9.17) is 4.98 Å². The fourth-order valence-electron chi connectivity index (χ4n) is 4.52. The molecule has 0 bridgehead atoms. The first kappa shape index (κ1) is 14.5. The predicted molar refractivity (Wildman–Crippen MR) is 118 cm³/mol. The Balaban J connectivity index is 1.66. The zero-order valence-electron chi connectivity index (χ0n) is 14.8. The second-order valence-corrected chi connectivity index (χ2v) is 8.17. The number of aromatic nitrogens is 3. The Morgan fingerprint density at radius 1 is 0.750 bits per heavy atom. The quantitative estimate of drug-likeness (QED) is 0.327. The minimum atomic E-state index is 1.03. The van der Waals surface area contributed by atoms with E-state index in [1.165, 1.54) is 42.3 Å². The number of rotatable bonds is 1. The summed E-state index contributed by atoms with van der Waals surface area (Å²) in [6.45, 7) is 0. The summed E-state index contributed by atoms with van der Waals surface area (Å²) in [6.07, 6.45) is 5.62. The third kappa shape index (κ3) is 1.69. The van der Waals surface area contributed by atoms with E-state index in [1.54, 1.807) is 0 Å². The first-order valence-electron chi connectivity index (χ1n) is 9.26. The van der Waals surface area contributed by atoms with E-state index in [2.05, 4.69) is 64.0 Å². The lowest BCUT2D eigenvalue weighted by atomic mass is 10.1. The molecular weight excluding hydrogens is 362 g/mol. The maximum atomic E-state index is 4.72. The normalized spacial score (nSPS) is 12.3. The van der Waals surface area contributed by atoms with Gasteiger partial charge in [0.1, 0.15) is 4.83 Å². The van der Waals surface area contributed by atoms with Gasteiger partial charge < -0.3 is 0 Å². The van der Waals surface area contributed by atoms with Crippen LogP contribution in [0.1, 0.15) is 0 Å². The third-order valence-electron chi connectivity index (χ3n) is 5.70. The predicted octanol–water partition coefficient (Wildman–Crippen LogP) is 6.51. The molecule has 0 N–H and O–H groups in total. The van der Waals surface area contributed by atoms with Crippen LogP contribution in [-0.4, -0.2) is 14.4 Å². The molecule has 0 amide bonds. The lowest BCUT2D eigenvalue weighted by Gasteiger charge is -2.02. The van der Waals surface area contributed by atoms with Crippen molar-refractivity contribution in [1.29, 1.82) is 0 Å². The summed E-state index contributed by atoms with van der Waals surface area (Å²) in [4.78, 5) is 11.5. The molecule has 0 saturated carbocycles. The van der Waals surface area contributed by atoms with Gasteiger partial charge in [-0.25, -0.2) is 0 Å². The van der Waals surface area contributed by atoms with E-state index in [0.717, 1.165) is 16.5 Å². The third-order valence-corrected chi connectivity index (χ3v) is 6.83. The van der Waals surface area contributed by atoms with E-state index >= 15 is 0 Å². The largest absolute Gasteiger partial charge is 0.299 e. The lowest BCUT2D eigenvalue weighted by molar-refractivity contribution is 1.33. The number of nitrogens with zero attached hydrogens (tertiary/aromatic N) is 3. The Labute approximate surface area is 163 Å². The van der Waals surface area contributed by atoms with Crippen molar-refractivity contribution in [3.63, 3.8) is 0 Å². The number of para-hydroxylation sites is 2. The van der Waals surface area contributed by atoms with E-state index in [0.29, 0.717) is 0 Å². The number of hydrogen-bond acceptors (Lipinski definition) is 3. The second kappa shape index (κ2) is 5.06. The van der Waals surface area contributed by atoms with Crippen LogP contribution >= 0.6 is 11.3 Å². The molecular formula is C24H13N3S. The average Bonchev–Trinajstić information content (AvgIpc) is 3.40. The van der Waals surface area contributed by atoms with E-state index < -0.39 is 0 Å². The zero-order valence-corrected chi connectivity index (χ0v) is 15.6. The standard InChI is InChI=1S/C24H13N3S/c1-2-7-20-16(4-1)17-5-3-6-18-19-12-21(28-24(19)27(20)23(17)18)22-15-9-10-25-13-14(15)8-11-26-22/h1-13H. The molecule has 0 atom stereocenters. The van der Waals surface area contributed by atoms with E-state index in [-0.39, 0.29) is 0 Å². The minimum Gasteiger partial charge on any atom is -0.299 e. The van der Waals surface area contributed by atoms with E-state index in [9.17, 15) is 0 Å². The zero-order chi connectivity index (χ0) is 18.2. The van der Waals surface area contributed by atoms with Crippen molar-refractivity contribution < 1.29 is 0 Å². The maximum Gasteiger partial charge on any atom is 0.109 e. The molecule has 4 heteroatoms. The topological polar surface area (TPSA) is 30.2 Å². The number of pyridine rings is 2. The lowest BCUT2D eigenvalue weighted by Crippen LogP contribution is -1.84. The highest BCUT2D eigenvalue weighted by Gasteiger charge is 2.20. The van der Waals surface area contributed by atoms with Crippen molar-refractivity contribution in [2.75, 3.05) is 0 Å². The molecule has 0 unspecified atom stereocenters.